The number of nitrogens with one attached hydrogen (secondary N) is 1. The molecule has 2 rings (SSSR count). The van der Waals surface area contributed by atoms with E-state index in [-0.39, 0.29) is 18.6 Å². The fraction of sp³-hybridized carbons (Fsp3) is 0.167. The number of carboxylic acids is 1. The van der Waals surface area contributed by atoms with Crippen LogP contribution < -0.4 is 10.3 Å². The third kappa shape index (κ3) is 2.63. The normalized spacial score (nSPS) is 10.4. The molecule has 0 unspecified atom stereocenters. The summed E-state index contributed by atoms with van der Waals surface area (Å²) >= 11 is 0. The van der Waals surface area contributed by atoms with Crippen molar-refractivity contribution in [2.24, 2.45) is 0 Å². The highest BCUT2D eigenvalue weighted by Gasteiger charge is 2.04. The zero-order valence-electron chi connectivity index (χ0n) is 8.97. The van der Waals surface area contributed by atoms with E-state index in [0.717, 1.165) is 5.39 Å². The average molecular weight is 233 g/mol. The van der Waals surface area contributed by atoms with Gasteiger partial charge in [-0.25, -0.2) is 0 Å². The third-order valence-corrected chi connectivity index (χ3v) is 2.29. The first kappa shape index (κ1) is 11.2. The number of para-hydroxylation sites is 1. The number of aromatic nitrogens is 1. The number of benzene rings is 1. The van der Waals surface area contributed by atoms with Crippen LogP contribution in [0.25, 0.3) is 10.9 Å². The minimum absolute atomic E-state index is 0.0748. The van der Waals surface area contributed by atoms with Crippen LogP contribution >= 0.6 is 0 Å². The Morgan fingerprint density at radius 3 is 2.88 bits per heavy atom. The lowest BCUT2D eigenvalue weighted by molar-refractivity contribution is -0.137. The van der Waals surface area contributed by atoms with Crippen LogP contribution in [-0.2, 0) is 4.79 Å². The summed E-state index contributed by atoms with van der Waals surface area (Å²) in [5, 5.41) is 9.36. The van der Waals surface area contributed by atoms with Gasteiger partial charge in [0.2, 0.25) is 5.56 Å². The first-order chi connectivity index (χ1) is 8.16. The van der Waals surface area contributed by atoms with Gasteiger partial charge in [-0.1, -0.05) is 12.1 Å². The molecule has 88 valence electrons. The van der Waals surface area contributed by atoms with Crippen molar-refractivity contribution in [1.29, 1.82) is 0 Å². The lowest BCUT2D eigenvalue weighted by Crippen LogP contribution is -2.07. The van der Waals surface area contributed by atoms with Crippen molar-refractivity contribution >= 4 is 16.9 Å². The summed E-state index contributed by atoms with van der Waals surface area (Å²) in [5.41, 5.74) is 0.372. The molecule has 0 aliphatic rings. The molecule has 2 N–H and O–H groups in total. The lowest BCUT2D eigenvalue weighted by atomic mass is 10.2. The Balaban J connectivity index is 2.30. The molecular formula is C12H11NO4. The second-order valence-electron chi connectivity index (χ2n) is 3.54. The van der Waals surface area contributed by atoms with Crippen LogP contribution in [0.5, 0.6) is 5.75 Å². The van der Waals surface area contributed by atoms with Gasteiger partial charge in [-0.05, 0) is 12.1 Å². The SMILES string of the molecule is O=C(O)CCOc1cccc2ccc(=O)[nH]c12. The molecule has 0 spiro atoms. The van der Waals surface area contributed by atoms with Crippen molar-refractivity contribution in [3.63, 3.8) is 0 Å². The van der Waals surface area contributed by atoms with Crippen molar-refractivity contribution in [1.82, 2.24) is 4.98 Å². The molecule has 0 atom stereocenters. The highest BCUT2D eigenvalue weighted by atomic mass is 16.5. The monoisotopic (exact) mass is 233 g/mol. The fourth-order valence-electron chi connectivity index (χ4n) is 1.52. The summed E-state index contributed by atoms with van der Waals surface area (Å²) < 4.78 is 5.33. The molecular weight excluding hydrogens is 222 g/mol. The number of carbonyl (C=O) groups is 1. The number of carboxylic acid groups (broad SMARTS) is 1. The van der Waals surface area contributed by atoms with Crippen molar-refractivity contribution in [2.45, 2.75) is 6.42 Å². The number of ether oxygens (including phenoxy) is 1. The maximum absolute atomic E-state index is 11.2. The van der Waals surface area contributed by atoms with Gasteiger partial charge in [-0.3, -0.25) is 9.59 Å². The van der Waals surface area contributed by atoms with Crippen LogP contribution in [0.4, 0.5) is 0 Å². The van der Waals surface area contributed by atoms with Crippen molar-refractivity contribution < 1.29 is 14.6 Å². The largest absolute Gasteiger partial charge is 0.491 e. The molecule has 0 bridgehead atoms. The number of hydrogen-bond donors (Lipinski definition) is 2. The maximum Gasteiger partial charge on any atom is 0.306 e. The highest BCUT2D eigenvalue weighted by Crippen LogP contribution is 2.21. The van der Waals surface area contributed by atoms with Crippen molar-refractivity contribution in [2.75, 3.05) is 6.61 Å². The third-order valence-electron chi connectivity index (χ3n) is 2.29. The van der Waals surface area contributed by atoms with E-state index < -0.39 is 5.97 Å². The molecule has 0 aliphatic heterocycles. The molecule has 1 aromatic heterocycles. The number of aromatic amines is 1. The van der Waals surface area contributed by atoms with Gasteiger partial charge in [0, 0.05) is 11.5 Å². The smallest absolute Gasteiger partial charge is 0.306 e. The molecule has 2 aromatic rings. The number of rotatable bonds is 4. The Morgan fingerprint density at radius 1 is 1.29 bits per heavy atom. The van der Waals surface area contributed by atoms with Crippen LogP contribution in [0.1, 0.15) is 6.42 Å². The molecule has 0 fully saturated rings. The van der Waals surface area contributed by atoms with Gasteiger partial charge in [0.1, 0.15) is 5.75 Å². The zero-order chi connectivity index (χ0) is 12.3. The Hall–Kier alpha value is -2.30. The van der Waals surface area contributed by atoms with Gasteiger partial charge in [0.05, 0.1) is 18.5 Å². The van der Waals surface area contributed by atoms with Gasteiger partial charge in [0.25, 0.3) is 0 Å². The summed E-state index contributed by atoms with van der Waals surface area (Å²) in [6.07, 6.45) is -0.0759. The molecule has 0 saturated heterocycles. The summed E-state index contributed by atoms with van der Waals surface area (Å²) in [5.74, 6) is -0.430. The summed E-state index contributed by atoms with van der Waals surface area (Å²) in [4.78, 5) is 24.3. The van der Waals surface area contributed by atoms with Crippen LogP contribution in [0.15, 0.2) is 35.1 Å². The molecule has 0 aliphatic carbocycles. The number of pyridine rings is 1. The predicted octanol–water partition coefficient (Wildman–Crippen LogP) is 1.38. The maximum atomic E-state index is 11.2. The van der Waals surface area contributed by atoms with E-state index >= 15 is 0 Å². The molecule has 0 saturated carbocycles. The molecule has 1 aromatic carbocycles. The minimum Gasteiger partial charge on any atom is -0.491 e. The van der Waals surface area contributed by atoms with Crippen LogP contribution in [0.3, 0.4) is 0 Å². The van der Waals surface area contributed by atoms with Crippen molar-refractivity contribution in [3.8, 4) is 5.75 Å². The fourth-order valence-corrected chi connectivity index (χ4v) is 1.52. The minimum atomic E-state index is -0.918. The standard InChI is InChI=1S/C12H11NO4/c14-10-5-4-8-2-1-3-9(12(8)13-10)17-7-6-11(15)16/h1-5H,6-7H2,(H,13,14)(H,15,16). The van der Waals surface area contributed by atoms with E-state index in [4.69, 9.17) is 9.84 Å². The topological polar surface area (TPSA) is 79.4 Å². The summed E-state index contributed by atoms with van der Waals surface area (Å²) in [6, 6.07) is 8.45. The van der Waals surface area contributed by atoms with E-state index in [1.165, 1.54) is 6.07 Å². The number of hydrogen-bond acceptors (Lipinski definition) is 3. The summed E-state index contributed by atoms with van der Waals surface area (Å²) in [6.45, 7) is 0.0748. The Kier molecular flexibility index (Phi) is 3.09. The molecule has 0 amide bonds. The quantitative estimate of drug-likeness (QED) is 0.836. The first-order valence-electron chi connectivity index (χ1n) is 5.13. The van der Waals surface area contributed by atoms with Crippen LogP contribution in [0.2, 0.25) is 0 Å². The van der Waals surface area contributed by atoms with Gasteiger partial charge in [-0.15, -0.1) is 0 Å². The number of fused-ring (bicyclic) bond motifs is 1. The molecule has 5 nitrogen and oxygen atoms in total. The molecule has 5 heteroatoms. The van der Waals surface area contributed by atoms with Gasteiger partial charge >= 0.3 is 5.97 Å². The average Bonchev–Trinajstić information content (AvgIpc) is 2.29. The predicted molar refractivity (Wildman–Crippen MR) is 62.3 cm³/mol. The van der Waals surface area contributed by atoms with Gasteiger partial charge in [0.15, 0.2) is 0 Å². The van der Waals surface area contributed by atoms with Gasteiger partial charge < -0.3 is 14.8 Å². The second kappa shape index (κ2) is 4.69. The Morgan fingerprint density at radius 2 is 2.12 bits per heavy atom. The first-order valence-corrected chi connectivity index (χ1v) is 5.13. The van der Waals surface area contributed by atoms with E-state index in [9.17, 15) is 9.59 Å². The van der Waals surface area contributed by atoms with E-state index in [1.54, 1.807) is 18.2 Å². The van der Waals surface area contributed by atoms with E-state index in [1.807, 2.05) is 6.07 Å². The molecule has 1 heterocycles. The second-order valence-corrected chi connectivity index (χ2v) is 3.54. The summed E-state index contributed by atoms with van der Waals surface area (Å²) in [7, 11) is 0. The molecule has 0 radical (unpaired) electrons. The van der Waals surface area contributed by atoms with Gasteiger partial charge in [-0.2, -0.15) is 0 Å². The Bertz CT molecular complexity index is 603. The van der Waals surface area contributed by atoms with E-state index in [2.05, 4.69) is 4.98 Å². The van der Waals surface area contributed by atoms with E-state index in [0.29, 0.717) is 11.3 Å². The lowest BCUT2D eigenvalue weighted by Gasteiger charge is -2.07. The molecule has 17 heavy (non-hydrogen) atoms. The van der Waals surface area contributed by atoms with Crippen molar-refractivity contribution in [3.05, 3.63) is 40.7 Å². The zero-order valence-corrected chi connectivity index (χ0v) is 8.97. The van der Waals surface area contributed by atoms with Crippen LogP contribution in [0, 0.1) is 0 Å². The number of aliphatic carboxylic acids is 1. The van der Waals surface area contributed by atoms with Crippen LogP contribution in [-0.4, -0.2) is 22.7 Å². The number of H-pyrrole nitrogens is 1. The highest BCUT2D eigenvalue weighted by molar-refractivity contribution is 5.84. The Labute approximate surface area is 96.7 Å².